The van der Waals surface area contributed by atoms with Crippen molar-refractivity contribution < 1.29 is 9.84 Å². The summed E-state index contributed by atoms with van der Waals surface area (Å²) in [6.07, 6.45) is 3.51. The van der Waals surface area contributed by atoms with Crippen LogP contribution in [0.2, 0.25) is 0 Å². The summed E-state index contributed by atoms with van der Waals surface area (Å²) in [6, 6.07) is 0. The van der Waals surface area contributed by atoms with Crippen LogP contribution in [0.25, 0.3) is 11.0 Å². The highest BCUT2D eigenvalue weighted by Crippen LogP contribution is 2.24. The Kier molecular flexibility index (Phi) is 3.31. The first-order chi connectivity index (χ1) is 9.29. The predicted molar refractivity (Wildman–Crippen MR) is 70.0 cm³/mol. The minimum absolute atomic E-state index is 0.0463. The number of hydrogen-bond acceptors (Lipinski definition) is 6. The van der Waals surface area contributed by atoms with E-state index in [4.69, 9.17) is 9.84 Å². The van der Waals surface area contributed by atoms with Crippen molar-refractivity contribution in [1.29, 1.82) is 0 Å². The summed E-state index contributed by atoms with van der Waals surface area (Å²) in [4.78, 5) is 10.8. The van der Waals surface area contributed by atoms with E-state index >= 15 is 0 Å². The van der Waals surface area contributed by atoms with Crippen LogP contribution in [0.15, 0.2) is 12.5 Å². The SMILES string of the molecule is C[C@@H]1CN(c2ncnc3c2cnn3CCO)CCO1. The maximum atomic E-state index is 9.02. The first kappa shape index (κ1) is 12.3. The van der Waals surface area contributed by atoms with Crippen LogP contribution in [0, 0.1) is 0 Å². The number of rotatable bonds is 3. The van der Waals surface area contributed by atoms with Crippen LogP contribution in [-0.2, 0) is 11.3 Å². The molecule has 0 aliphatic carbocycles. The summed E-state index contributed by atoms with van der Waals surface area (Å²) < 4.78 is 7.25. The molecule has 1 fully saturated rings. The van der Waals surface area contributed by atoms with Crippen LogP contribution < -0.4 is 4.90 Å². The van der Waals surface area contributed by atoms with Gasteiger partial charge >= 0.3 is 0 Å². The molecule has 19 heavy (non-hydrogen) atoms. The molecule has 0 aromatic carbocycles. The molecule has 2 aromatic heterocycles. The number of aliphatic hydroxyl groups is 1. The maximum Gasteiger partial charge on any atom is 0.163 e. The van der Waals surface area contributed by atoms with Crippen LogP contribution in [0.4, 0.5) is 5.82 Å². The molecule has 0 bridgehead atoms. The molecule has 0 spiro atoms. The second kappa shape index (κ2) is 5.10. The van der Waals surface area contributed by atoms with E-state index in [0.717, 1.165) is 29.9 Å². The third-order valence-electron chi connectivity index (χ3n) is 3.26. The highest BCUT2D eigenvalue weighted by molar-refractivity contribution is 5.86. The Morgan fingerprint density at radius 3 is 3.16 bits per heavy atom. The third-order valence-corrected chi connectivity index (χ3v) is 3.26. The smallest absolute Gasteiger partial charge is 0.163 e. The number of ether oxygens (including phenoxy) is 1. The fourth-order valence-electron chi connectivity index (χ4n) is 2.40. The number of morpholine rings is 1. The van der Waals surface area contributed by atoms with Gasteiger partial charge in [0, 0.05) is 13.1 Å². The standard InChI is InChI=1S/C12H17N5O2/c1-9-7-16(3-5-19-9)11-10-6-15-17(2-4-18)12(10)14-8-13-11/h6,8-9,18H,2-5,7H2,1H3/t9-/m1/s1. The third kappa shape index (κ3) is 2.26. The fourth-order valence-corrected chi connectivity index (χ4v) is 2.40. The van der Waals surface area contributed by atoms with Crippen molar-refractivity contribution in [3.8, 4) is 0 Å². The summed E-state index contributed by atoms with van der Waals surface area (Å²) in [5, 5.41) is 14.2. The lowest BCUT2D eigenvalue weighted by Crippen LogP contribution is -2.41. The summed E-state index contributed by atoms with van der Waals surface area (Å²) in [6.45, 7) is 4.89. The van der Waals surface area contributed by atoms with Gasteiger partial charge in [-0.25, -0.2) is 14.6 Å². The molecule has 0 saturated carbocycles. The number of aromatic nitrogens is 4. The predicted octanol–water partition coefficient (Wildman–Crippen LogP) is 0.0437. The molecule has 0 radical (unpaired) electrons. The zero-order valence-corrected chi connectivity index (χ0v) is 10.9. The molecule has 1 aliphatic heterocycles. The van der Waals surface area contributed by atoms with Gasteiger partial charge in [-0.3, -0.25) is 0 Å². The Hall–Kier alpha value is -1.73. The van der Waals surface area contributed by atoms with Gasteiger partial charge in [0.2, 0.25) is 0 Å². The number of nitrogens with zero attached hydrogens (tertiary/aromatic N) is 5. The molecule has 0 unspecified atom stereocenters. The van der Waals surface area contributed by atoms with E-state index < -0.39 is 0 Å². The molecule has 102 valence electrons. The van der Waals surface area contributed by atoms with Crippen molar-refractivity contribution in [2.24, 2.45) is 0 Å². The molecular weight excluding hydrogens is 246 g/mol. The van der Waals surface area contributed by atoms with Crippen molar-refractivity contribution in [2.75, 3.05) is 31.2 Å². The average molecular weight is 263 g/mol. The van der Waals surface area contributed by atoms with E-state index in [-0.39, 0.29) is 12.7 Å². The Labute approximate surface area is 110 Å². The maximum absolute atomic E-state index is 9.02. The molecule has 7 heteroatoms. The van der Waals surface area contributed by atoms with E-state index in [0.29, 0.717) is 13.2 Å². The second-order valence-corrected chi connectivity index (χ2v) is 4.65. The highest BCUT2D eigenvalue weighted by atomic mass is 16.5. The molecule has 2 aromatic rings. The van der Waals surface area contributed by atoms with E-state index in [1.807, 2.05) is 0 Å². The van der Waals surface area contributed by atoms with Crippen LogP contribution in [0.1, 0.15) is 6.92 Å². The van der Waals surface area contributed by atoms with Crippen molar-refractivity contribution in [3.63, 3.8) is 0 Å². The minimum Gasteiger partial charge on any atom is -0.394 e. The number of aliphatic hydroxyl groups excluding tert-OH is 1. The molecule has 3 heterocycles. The first-order valence-corrected chi connectivity index (χ1v) is 6.43. The number of hydrogen-bond donors (Lipinski definition) is 1. The monoisotopic (exact) mass is 263 g/mol. The molecule has 1 atom stereocenters. The van der Waals surface area contributed by atoms with Crippen LogP contribution in [0.5, 0.6) is 0 Å². The lowest BCUT2D eigenvalue weighted by molar-refractivity contribution is 0.0530. The average Bonchev–Trinajstić information content (AvgIpc) is 2.83. The molecule has 0 amide bonds. The van der Waals surface area contributed by atoms with Crippen molar-refractivity contribution in [1.82, 2.24) is 19.7 Å². The Morgan fingerprint density at radius 2 is 2.37 bits per heavy atom. The van der Waals surface area contributed by atoms with Gasteiger partial charge in [0.05, 0.1) is 37.4 Å². The zero-order chi connectivity index (χ0) is 13.2. The van der Waals surface area contributed by atoms with Gasteiger partial charge < -0.3 is 14.7 Å². The van der Waals surface area contributed by atoms with E-state index in [1.54, 1.807) is 17.2 Å². The minimum atomic E-state index is 0.0463. The van der Waals surface area contributed by atoms with Gasteiger partial charge in [0.15, 0.2) is 5.65 Å². The molecule has 7 nitrogen and oxygen atoms in total. The van der Waals surface area contributed by atoms with E-state index in [9.17, 15) is 0 Å². The van der Waals surface area contributed by atoms with Gasteiger partial charge in [-0.05, 0) is 6.92 Å². The summed E-state index contributed by atoms with van der Waals surface area (Å²) in [5.41, 5.74) is 0.762. The van der Waals surface area contributed by atoms with Gasteiger partial charge in [0.1, 0.15) is 12.1 Å². The van der Waals surface area contributed by atoms with Gasteiger partial charge in [-0.2, -0.15) is 5.10 Å². The van der Waals surface area contributed by atoms with Gasteiger partial charge in [-0.1, -0.05) is 0 Å². The van der Waals surface area contributed by atoms with Crippen LogP contribution in [-0.4, -0.2) is 57.3 Å². The first-order valence-electron chi connectivity index (χ1n) is 6.43. The fraction of sp³-hybridized carbons (Fsp3) is 0.583. The van der Waals surface area contributed by atoms with Gasteiger partial charge in [-0.15, -0.1) is 0 Å². The molecule has 1 N–H and O–H groups in total. The summed E-state index contributed by atoms with van der Waals surface area (Å²) in [5.74, 6) is 0.893. The summed E-state index contributed by atoms with van der Waals surface area (Å²) >= 11 is 0. The quantitative estimate of drug-likeness (QED) is 0.843. The largest absolute Gasteiger partial charge is 0.394 e. The Bertz CT molecular complexity index is 570. The van der Waals surface area contributed by atoms with Crippen molar-refractivity contribution in [2.45, 2.75) is 19.6 Å². The lowest BCUT2D eigenvalue weighted by atomic mass is 10.2. The van der Waals surface area contributed by atoms with Crippen molar-refractivity contribution in [3.05, 3.63) is 12.5 Å². The van der Waals surface area contributed by atoms with Crippen molar-refractivity contribution >= 4 is 16.9 Å². The van der Waals surface area contributed by atoms with Crippen LogP contribution >= 0.6 is 0 Å². The Balaban J connectivity index is 1.99. The normalized spacial score (nSPS) is 20.1. The lowest BCUT2D eigenvalue weighted by Gasteiger charge is -2.32. The molecule has 1 aliphatic rings. The topological polar surface area (TPSA) is 76.3 Å². The van der Waals surface area contributed by atoms with Crippen LogP contribution in [0.3, 0.4) is 0 Å². The second-order valence-electron chi connectivity index (χ2n) is 4.65. The van der Waals surface area contributed by atoms with E-state index in [1.165, 1.54) is 0 Å². The van der Waals surface area contributed by atoms with E-state index in [2.05, 4.69) is 26.9 Å². The molecule has 1 saturated heterocycles. The Morgan fingerprint density at radius 1 is 1.47 bits per heavy atom. The summed E-state index contributed by atoms with van der Waals surface area (Å²) in [7, 11) is 0. The number of anilines is 1. The molecule has 3 rings (SSSR count). The van der Waals surface area contributed by atoms with Gasteiger partial charge in [0.25, 0.3) is 0 Å². The highest BCUT2D eigenvalue weighted by Gasteiger charge is 2.21. The zero-order valence-electron chi connectivity index (χ0n) is 10.9. The number of fused-ring (bicyclic) bond motifs is 1. The molecular formula is C12H17N5O2.